The summed E-state index contributed by atoms with van der Waals surface area (Å²) in [4.78, 5) is 19.1. The van der Waals surface area contributed by atoms with Crippen molar-refractivity contribution >= 4 is 28.6 Å². The Morgan fingerprint density at radius 1 is 1.24 bits per heavy atom. The number of thiazole rings is 1. The van der Waals surface area contributed by atoms with Crippen LogP contribution in [0.3, 0.4) is 0 Å². The molecule has 2 aromatic heterocycles. The van der Waals surface area contributed by atoms with Crippen molar-refractivity contribution in [3.63, 3.8) is 0 Å². The molecule has 0 atom stereocenters. The van der Waals surface area contributed by atoms with Crippen molar-refractivity contribution in [3.05, 3.63) is 51.7 Å². The lowest BCUT2D eigenvalue weighted by molar-refractivity contribution is 0.0747. The largest absolute Gasteiger partial charge is 0.454 e. The highest BCUT2D eigenvalue weighted by Gasteiger charge is 2.20. The Kier molecular flexibility index (Phi) is 4.42. The van der Waals surface area contributed by atoms with Crippen LogP contribution in [0.25, 0.3) is 10.6 Å². The molecule has 3 aromatic rings. The van der Waals surface area contributed by atoms with E-state index in [4.69, 9.17) is 9.47 Å². The van der Waals surface area contributed by atoms with Crippen LogP contribution in [0, 0.1) is 0 Å². The number of benzene rings is 1. The number of carbonyl (C=O) groups is 1. The third-order valence-electron chi connectivity index (χ3n) is 3.97. The fraction of sp³-hybridized carbons (Fsp3) is 0.222. The van der Waals surface area contributed by atoms with Gasteiger partial charge in [0.1, 0.15) is 10.7 Å². The van der Waals surface area contributed by atoms with Gasteiger partial charge in [-0.05, 0) is 36.1 Å². The number of hydrogen-bond donors (Lipinski definition) is 0. The van der Waals surface area contributed by atoms with Gasteiger partial charge in [0.05, 0.1) is 0 Å². The number of hydrogen-bond acceptors (Lipinski definition) is 6. The molecule has 0 bridgehead atoms. The molecule has 0 N–H and O–H groups in total. The van der Waals surface area contributed by atoms with Crippen LogP contribution < -0.4 is 9.47 Å². The highest BCUT2D eigenvalue weighted by molar-refractivity contribution is 7.14. The molecule has 1 amide bonds. The van der Waals surface area contributed by atoms with Crippen LogP contribution in [-0.2, 0) is 6.54 Å². The lowest BCUT2D eigenvalue weighted by atomic mass is 10.2. The van der Waals surface area contributed by atoms with Crippen LogP contribution in [0.4, 0.5) is 0 Å². The summed E-state index contributed by atoms with van der Waals surface area (Å²) in [5.41, 5.74) is 2.56. The van der Waals surface area contributed by atoms with Gasteiger partial charge in [0.15, 0.2) is 11.5 Å². The summed E-state index contributed by atoms with van der Waals surface area (Å²) in [6, 6.07) is 7.78. The number of aromatic nitrogens is 1. The van der Waals surface area contributed by atoms with Crippen molar-refractivity contribution in [2.75, 3.05) is 13.3 Å². The van der Waals surface area contributed by atoms with Crippen molar-refractivity contribution < 1.29 is 14.3 Å². The highest BCUT2D eigenvalue weighted by atomic mass is 32.1. The van der Waals surface area contributed by atoms with Gasteiger partial charge < -0.3 is 14.4 Å². The molecule has 0 spiro atoms. The van der Waals surface area contributed by atoms with E-state index in [-0.39, 0.29) is 12.7 Å². The molecule has 3 heterocycles. The van der Waals surface area contributed by atoms with E-state index in [1.807, 2.05) is 47.3 Å². The molecule has 7 heteroatoms. The zero-order chi connectivity index (χ0) is 17.2. The van der Waals surface area contributed by atoms with Crippen LogP contribution in [-0.4, -0.2) is 29.1 Å². The first-order valence-electron chi connectivity index (χ1n) is 7.90. The van der Waals surface area contributed by atoms with Gasteiger partial charge in [0.25, 0.3) is 5.91 Å². The summed E-state index contributed by atoms with van der Waals surface area (Å²) in [5.74, 6) is 1.42. The molecular weight excluding hydrogens is 356 g/mol. The summed E-state index contributed by atoms with van der Waals surface area (Å²) in [6.07, 6.45) is 0. The van der Waals surface area contributed by atoms with Gasteiger partial charge in [-0.1, -0.05) is 6.07 Å². The standard InChI is InChI=1S/C18H16N2O3S2/c1-2-20(8-12-3-4-15-16(7-12)23-11-22-15)18(21)14-10-25-17(19-14)13-5-6-24-9-13/h3-7,9-10H,2,8,11H2,1H3. The lowest BCUT2D eigenvalue weighted by Gasteiger charge is -2.20. The zero-order valence-corrected chi connectivity index (χ0v) is 15.2. The van der Waals surface area contributed by atoms with Crippen molar-refractivity contribution in [3.8, 4) is 22.1 Å². The maximum Gasteiger partial charge on any atom is 0.273 e. The quantitative estimate of drug-likeness (QED) is 0.671. The molecule has 4 rings (SSSR count). The maximum atomic E-state index is 12.8. The Morgan fingerprint density at radius 2 is 2.12 bits per heavy atom. The Morgan fingerprint density at radius 3 is 2.92 bits per heavy atom. The number of carbonyl (C=O) groups excluding carboxylic acids is 1. The van der Waals surface area contributed by atoms with Crippen LogP contribution in [0.2, 0.25) is 0 Å². The molecule has 0 fully saturated rings. The summed E-state index contributed by atoms with van der Waals surface area (Å²) in [6.45, 7) is 3.34. The topological polar surface area (TPSA) is 51.7 Å². The Balaban J connectivity index is 1.51. The van der Waals surface area contributed by atoms with Crippen molar-refractivity contribution in [2.45, 2.75) is 13.5 Å². The van der Waals surface area contributed by atoms with Gasteiger partial charge in [-0.2, -0.15) is 11.3 Å². The molecule has 0 aliphatic carbocycles. The number of rotatable bonds is 5. The molecule has 1 aromatic carbocycles. The molecule has 25 heavy (non-hydrogen) atoms. The predicted octanol–water partition coefficient (Wildman–Crippen LogP) is 4.26. The summed E-state index contributed by atoms with van der Waals surface area (Å²) >= 11 is 3.12. The fourth-order valence-corrected chi connectivity index (χ4v) is 4.15. The van der Waals surface area contributed by atoms with Crippen LogP contribution in [0.5, 0.6) is 11.5 Å². The van der Waals surface area contributed by atoms with Gasteiger partial charge in [-0.3, -0.25) is 4.79 Å². The molecule has 5 nitrogen and oxygen atoms in total. The SMILES string of the molecule is CCN(Cc1ccc2c(c1)OCO2)C(=O)c1csc(-c2ccsc2)n1. The lowest BCUT2D eigenvalue weighted by Crippen LogP contribution is -2.30. The predicted molar refractivity (Wildman–Crippen MR) is 98.4 cm³/mol. The fourth-order valence-electron chi connectivity index (χ4n) is 2.64. The molecule has 128 valence electrons. The second-order valence-electron chi connectivity index (χ2n) is 5.56. The smallest absolute Gasteiger partial charge is 0.273 e. The maximum absolute atomic E-state index is 12.8. The first-order chi connectivity index (χ1) is 12.2. The first-order valence-corrected chi connectivity index (χ1v) is 9.72. The second-order valence-corrected chi connectivity index (χ2v) is 7.20. The zero-order valence-electron chi connectivity index (χ0n) is 13.6. The van der Waals surface area contributed by atoms with E-state index in [1.165, 1.54) is 11.3 Å². The third kappa shape index (κ3) is 3.25. The average molecular weight is 372 g/mol. The van der Waals surface area contributed by atoms with Crippen molar-refractivity contribution in [1.82, 2.24) is 9.88 Å². The third-order valence-corrected chi connectivity index (χ3v) is 5.55. The van der Waals surface area contributed by atoms with E-state index in [1.54, 1.807) is 16.2 Å². The second kappa shape index (κ2) is 6.85. The molecule has 1 aliphatic heterocycles. The minimum Gasteiger partial charge on any atom is -0.454 e. The number of amides is 1. The first kappa shape index (κ1) is 16.1. The number of thiophene rings is 1. The molecule has 0 radical (unpaired) electrons. The Hall–Kier alpha value is -2.38. The average Bonchev–Trinajstić information content (AvgIpc) is 3.39. The number of nitrogens with zero attached hydrogens (tertiary/aromatic N) is 2. The van der Waals surface area contributed by atoms with Gasteiger partial charge in [0, 0.05) is 29.4 Å². The highest BCUT2D eigenvalue weighted by Crippen LogP contribution is 2.33. The van der Waals surface area contributed by atoms with E-state index in [9.17, 15) is 4.79 Å². The normalized spacial score (nSPS) is 12.4. The van der Waals surface area contributed by atoms with Gasteiger partial charge in [0.2, 0.25) is 6.79 Å². The molecule has 1 aliphatic rings. The van der Waals surface area contributed by atoms with Crippen molar-refractivity contribution in [2.24, 2.45) is 0 Å². The van der Waals surface area contributed by atoms with Gasteiger partial charge in [-0.15, -0.1) is 11.3 Å². The summed E-state index contributed by atoms with van der Waals surface area (Å²) < 4.78 is 10.7. The van der Waals surface area contributed by atoms with E-state index in [0.29, 0.717) is 18.8 Å². The Bertz CT molecular complexity index is 890. The van der Waals surface area contributed by atoms with E-state index in [2.05, 4.69) is 4.98 Å². The van der Waals surface area contributed by atoms with E-state index < -0.39 is 0 Å². The molecule has 0 unspecified atom stereocenters. The van der Waals surface area contributed by atoms with Crippen molar-refractivity contribution in [1.29, 1.82) is 0 Å². The summed E-state index contributed by atoms with van der Waals surface area (Å²) in [7, 11) is 0. The number of ether oxygens (including phenoxy) is 2. The summed E-state index contributed by atoms with van der Waals surface area (Å²) in [5, 5.41) is 6.76. The van der Waals surface area contributed by atoms with Gasteiger partial charge in [-0.25, -0.2) is 4.98 Å². The minimum absolute atomic E-state index is 0.0575. The molecule has 0 saturated heterocycles. The minimum atomic E-state index is -0.0575. The van der Waals surface area contributed by atoms with E-state index >= 15 is 0 Å². The van der Waals surface area contributed by atoms with Gasteiger partial charge >= 0.3 is 0 Å². The monoisotopic (exact) mass is 372 g/mol. The van der Waals surface area contributed by atoms with Crippen LogP contribution in [0.15, 0.2) is 40.4 Å². The Labute approximate surface area is 153 Å². The molecular formula is C18H16N2O3S2. The molecule has 0 saturated carbocycles. The van der Waals surface area contributed by atoms with E-state index in [0.717, 1.165) is 27.6 Å². The number of fused-ring (bicyclic) bond motifs is 1. The van der Waals surface area contributed by atoms with Crippen LogP contribution in [0.1, 0.15) is 23.0 Å². The van der Waals surface area contributed by atoms with Crippen LogP contribution >= 0.6 is 22.7 Å².